The van der Waals surface area contributed by atoms with E-state index in [1.807, 2.05) is 7.05 Å². The second kappa shape index (κ2) is 11.6. The van der Waals surface area contributed by atoms with Crippen LogP contribution in [-0.4, -0.2) is 31.0 Å². The lowest BCUT2D eigenvalue weighted by Gasteiger charge is -2.24. The van der Waals surface area contributed by atoms with Gasteiger partial charge < -0.3 is 10.1 Å². The maximum atomic E-state index is 10.8. The van der Waals surface area contributed by atoms with Crippen molar-refractivity contribution in [1.29, 1.82) is 0 Å². The van der Waals surface area contributed by atoms with E-state index >= 15 is 0 Å². The molecule has 2 aromatic rings. The SMILES string of the molecule is CNC1CCCc2ccccc21.O=CC(NCC(=O)NO)c1cccc(Cl)c1. The maximum Gasteiger partial charge on any atom is 0.257 e. The summed E-state index contributed by atoms with van der Waals surface area (Å²) in [7, 11) is 2.05. The highest BCUT2D eigenvalue weighted by Gasteiger charge is 2.17. The molecule has 0 heterocycles. The fourth-order valence-electron chi connectivity index (χ4n) is 3.24. The van der Waals surface area contributed by atoms with Crippen LogP contribution in [0.25, 0.3) is 0 Å². The minimum absolute atomic E-state index is 0.160. The number of hydroxylamine groups is 1. The smallest absolute Gasteiger partial charge is 0.257 e. The van der Waals surface area contributed by atoms with Gasteiger partial charge in [-0.25, -0.2) is 5.48 Å². The summed E-state index contributed by atoms with van der Waals surface area (Å²) in [5, 5.41) is 14.8. The lowest BCUT2D eigenvalue weighted by Crippen LogP contribution is -2.34. The molecule has 2 atom stereocenters. The van der Waals surface area contributed by atoms with Crippen LogP contribution in [0.3, 0.4) is 0 Å². The maximum absolute atomic E-state index is 10.8. The molecule has 6 nitrogen and oxygen atoms in total. The molecule has 7 heteroatoms. The summed E-state index contributed by atoms with van der Waals surface area (Å²) in [5.41, 5.74) is 5.16. The van der Waals surface area contributed by atoms with Gasteiger partial charge in [-0.2, -0.15) is 0 Å². The van der Waals surface area contributed by atoms with E-state index in [-0.39, 0.29) is 6.54 Å². The Morgan fingerprint density at radius 3 is 2.75 bits per heavy atom. The summed E-state index contributed by atoms with van der Waals surface area (Å²) in [6.45, 7) is -0.160. The zero-order valence-electron chi connectivity index (χ0n) is 15.8. The average Bonchev–Trinajstić information content (AvgIpc) is 2.74. The summed E-state index contributed by atoms with van der Waals surface area (Å²) < 4.78 is 0. The average molecular weight is 404 g/mol. The van der Waals surface area contributed by atoms with Crippen LogP contribution in [-0.2, 0) is 16.0 Å². The van der Waals surface area contributed by atoms with Gasteiger partial charge in [0.25, 0.3) is 5.91 Å². The molecule has 2 unspecified atom stereocenters. The first-order valence-corrected chi connectivity index (χ1v) is 9.59. The zero-order chi connectivity index (χ0) is 20.4. The normalized spacial score (nSPS) is 16.2. The van der Waals surface area contributed by atoms with Gasteiger partial charge in [-0.3, -0.25) is 15.3 Å². The van der Waals surface area contributed by atoms with Crippen molar-refractivity contribution in [2.75, 3.05) is 13.6 Å². The number of halogens is 1. The van der Waals surface area contributed by atoms with Crippen LogP contribution in [0.1, 0.15) is 41.6 Å². The number of rotatable bonds is 6. The Bertz CT molecular complexity index is 785. The Labute approximate surface area is 170 Å². The molecule has 0 radical (unpaired) electrons. The van der Waals surface area contributed by atoms with Gasteiger partial charge in [0.05, 0.1) is 12.6 Å². The van der Waals surface area contributed by atoms with Crippen LogP contribution < -0.4 is 16.1 Å². The number of hydrogen-bond donors (Lipinski definition) is 4. The summed E-state index contributed by atoms with van der Waals surface area (Å²) in [6.07, 6.45) is 4.53. The van der Waals surface area contributed by atoms with Gasteiger partial charge in [0.2, 0.25) is 0 Å². The first-order valence-electron chi connectivity index (χ1n) is 9.21. The molecule has 28 heavy (non-hydrogen) atoms. The second-order valence-corrected chi connectivity index (χ2v) is 6.95. The highest BCUT2D eigenvalue weighted by Crippen LogP contribution is 2.28. The molecule has 0 saturated carbocycles. The van der Waals surface area contributed by atoms with Crippen LogP contribution in [0.15, 0.2) is 48.5 Å². The highest BCUT2D eigenvalue weighted by molar-refractivity contribution is 6.30. The Hall–Kier alpha value is -2.25. The largest absolute Gasteiger partial charge is 0.313 e. The number of aldehydes is 1. The number of fused-ring (bicyclic) bond motifs is 1. The van der Waals surface area contributed by atoms with E-state index in [0.717, 1.165) is 0 Å². The quantitative estimate of drug-likeness (QED) is 0.338. The number of nitrogens with one attached hydrogen (secondary N) is 3. The summed E-state index contributed by atoms with van der Waals surface area (Å²) in [6, 6.07) is 15.5. The molecule has 0 fully saturated rings. The van der Waals surface area contributed by atoms with Crippen molar-refractivity contribution in [3.63, 3.8) is 0 Å². The summed E-state index contributed by atoms with van der Waals surface area (Å²) in [5.74, 6) is -0.617. The molecule has 4 N–H and O–H groups in total. The number of carbonyl (C=O) groups is 2. The number of carbonyl (C=O) groups excluding carboxylic acids is 2. The van der Waals surface area contributed by atoms with E-state index in [1.54, 1.807) is 24.3 Å². The van der Waals surface area contributed by atoms with E-state index < -0.39 is 11.9 Å². The van der Waals surface area contributed by atoms with Gasteiger partial charge in [0.15, 0.2) is 0 Å². The first-order chi connectivity index (χ1) is 13.6. The molecular weight excluding hydrogens is 378 g/mol. The molecule has 0 saturated heterocycles. The number of benzene rings is 2. The predicted molar refractivity (Wildman–Crippen MR) is 109 cm³/mol. The van der Waals surface area contributed by atoms with E-state index in [0.29, 0.717) is 22.9 Å². The summed E-state index contributed by atoms with van der Waals surface area (Å²) >= 11 is 5.77. The second-order valence-electron chi connectivity index (χ2n) is 6.52. The number of hydrogen-bond acceptors (Lipinski definition) is 5. The van der Waals surface area contributed by atoms with E-state index in [1.165, 1.54) is 35.9 Å². The van der Waals surface area contributed by atoms with Gasteiger partial charge in [0.1, 0.15) is 6.29 Å². The van der Waals surface area contributed by atoms with Crippen LogP contribution in [0.4, 0.5) is 0 Å². The predicted octanol–water partition coefficient (Wildman–Crippen LogP) is 2.96. The van der Waals surface area contributed by atoms with Gasteiger partial charge in [0, 0.05) is 11.1 Å². The van der Waals surface area contributed by atoms with Crippen LogP contribution in [0.2, 0.25) is 5.02 Å². The minimum Gasteiger partial charge on any atom is -0.313 e. The van der Waals surface area contributed by atoms with Crippen LogP contribution in [0.5, 0.6) is 0 Å². The van der Waals surface area contributed by atoms with Gasteiger partial charge in [-0.1, -0.05) is 48.0 Å². The van der Waals surface area contributed by atoms with Gasteiger partial charge in [-0.15, -0.1) is 0 Å². The Kier molecular flexibility index (Phi) is 9.10. The molecule has 1 aliphatic carbocycles. The minimum atomic E-state index is -0.629. The van der Waals surface area contributed by atoms with Crippen LogP contribution >= 0.6 is 11.6 Å². The van der Waals surface area contributed by atoms with Crippen molar-refractivity contribution in [2.45, 2.75) is 31.3 Å². The molecule has 1 aliphatic rings. The molecule has 0 spiro atoms. The van der Waals surface area contributed by atoms with Gasteiger partial charge >= 0.3 is 0 Å². The Morgan fingerprint density at radius 1 is 1.29 bits per heavy atom. The van der Waals surface area contributed by atoms with Crippen molar-refractivity contribution in [3.8, 4) is 0 Å². The van der Waals surface area contributed by atoms with Gasteiger partial charge in [-0.05, 0) is 55.1 Å². The fourth-order valence-corrected chi connectivity index (χ4v) is 3.44. The summed E-state index contributed by atoms with van der Waals surface area (Å²) in [4.78, 5) is 21.6. The van der Waals surface area contributed by atoms with Crippen molar-refractivity contribution >= 4 is 23.8 Å². The Balaban J connectivity index is 0.000000207. The lowest BCUT2D eigenvalue weighted by molar-refractivity contribution is -0.128. The molecule has 150 valence electrons. The van der Waals surface area contributed by atoms with Crippen molar-refractivity contribution in [3.05, 3.63) is 70.2 Å². The number of amides is 1. The topological polar surface area (TPSA) is 90.5 Å². The third kappa shape index (κ3) is 6.42. The molecule has 2 aromatic carbocycles. The number of aryl methyl sites for hydroxylation is 1. The van der Waals surface area contributed by atoms with Crippen LogP contribution in [0, 0.1) is 0 Å². The van der Waals surface area contributed by atoms with Crippen molar-refractivity contribution in [2.24, 2.45) is 0 Å². The fraction of sp³-hybridized carbons (Fsp3) is 0.333. The molecule has 0 aromatic heterocycles. The molecule has 0 aliphatic heterocycles. The first kappa shape index (κ1) is 22.0. The van der Waals surface area contributed by atoms with Crippen molar-refractivity contribution < 1.29 is 14.8 Å². The molecule has 1 amide bonds. The Morgan fingerprint density at radius 2 is 2.07 bits per heavy atom. The zero-order valence-corrected chi connectivity index (χ0v) is 16.6. The van der Waals surface area contributed by atoms with E-state index in [4.69, 9.17) is 16.8 Å². The third-order valence-corrected chi connectivity index (χ3v) is 4.90. The van der Waals surface area contributed by atoms with E-state index in [9.17, 15) is 9.59 Å². The molecule has 3 rings (SSSR count). The van der Waals surface area contributed by atoms with E-state index in [2.05, 4.69) is 34.9 Å². The third-order valence-electron chi connectivity index (χ3n) is 4.67. The molecule has 0 bridgehead atoms. The molecular formula is C21H26ClN3O3. The monoisotopic (exact) mass is 403 g/mol. The highest BCUT2D eigenvalue weighted by atomic mass is 35.5. The lowest BCUT2D eigenvalue weighted by atomic mass is 9.88. The standard InChI is InChI=1S/C11H15N.C10H11ClN2O3/c1-12-11-8-4-6-9-5-2-3-7-10(9)11;11-8-3-1-2-7(4-8)9(6-14)12-5-10(15)13-16/h2-3,5,7,11-12H,4,6,8H2,1H3;1-4,6,9,12,16H,5H2,(H,13,15). The van der Waals surface area contributed by atoms with Crippen molar-refractivity contribution in [1.82, 2.24) is 16.1 Å².